The number of carbonyl (C=O) groups excluding carboxylic acids is 1. The smallest absolute Gasteiger partial charge is 0.394 e. The van der Waals surface area contributed by atoms with Gasteiger partial charge >= 0.3 is 10.4 Å². The van der Waals surface area contributed by atoms with Gasteiger partial charge in [0.2, 0.25) is 5.91 Å². The molecule has 0 aromatic heterocycles. The quantitative estimate of drug-likeness (QED) is 0.0203. The zero-order valence-electron chi connectivity index (χ0n) is 34.1. The molecule has 1 amide bonds. The van der Waals surface area contributed by atoms with E-state index in [4.69, 9.17) is 14.0 Å². The highest BCUT2D eigenvalue weighted by atomic mass is 32.3. The van der Waals surface area contributed by atoms with Gasteiger partial charge in [-0.05, 0) is 38.5 Å². The summed E-state index contributed by atoms with van der Waals surface area (Å²) in [6.07, 6.45) is 21.2. The first-order valence-corrected chi connectivity index (χ1v) is 23.0. The molecule has 8 unspecified atom stereocenters. The third-order valence-corrected chi connectivity index (χ3v) is 10.9. The fourth-order valence-corrected chi connectivity index (χ4v) is 7.44. The zero-order chi connectivity index (χ0) is 40.7. The van der Waals surface area contributed by atoms with Crippen LogP contribution in [0.3, 0.4) is 0 Å². The summed E-state index contributed by atoms with van der Waals surface area (Å²) in [5.74, 6) is -0.676. The van der Waals surface area contributed by atoms with Gasteiger partial charge in [-0.3, -0.25) is 9.35 Å². The molecule has 0 aliphatic carbocycles. The van der Waals surface area contributed by atoms with Gasteiger partial charge in [0.15, 0.2) is 6.29 Å². The second-order valence-corrected chi connectivity index (χ2v) is 16.5. The number of unbranched alkanes of at least 4 members (excludes halogenated alkanes) is 21. The molecular weight excluding hydrogens is 731 g/mol. The van der Waals surface area contributed by atoms with Gasteiger partial charge in [0.05, 0.1) is 25.4 Å². The third kappa shape index (κ3) is 25.7. The lowest BCUT2D eigenvalue weighted by atomic mass is 9.99. The molecule has 1 saturated heterocycles. The number of aliphatic hydroxyl groups excluding tert-OH is 5. The average molecular weight is 810 g/mol. The summed E-state index contributed by atoms with van der Waals surface area (Å²) in [5, 5.41) is 55.2. The lowest BCUT2D eigenvalue weighted by Crippen LogP contribution is -2.61. The maximum absolute atomic E-state index is 13.1. The minimum Gasteiger partial charge on any atom is -0.394 e. The summed E-state index contributed by atoms with van der Waals surface area (Å²) in [6.45, 7) is 3.23. The highest BCUT2D eigenvalue weighted by molar-refractivity contribution is 7.80. The Morgan fingerprint density at radius 1 is 0.709 bits per heavy atom. The molecule has 7 N–H and O–H groups in total. The number of amides is 1. The predicted octanol–water partition coefficient (Wildman–Crippen LogP) is 6.58. The van der Waals surface area contributed by atoms with Crippen LogP contribution in [0.5, 0.6) is 0 Å². The van der Waals surface area contributed by atoms with E-state index in [0.717, 1.165) is 64.2 Å². The van der Waals surface area contributed by atoms with Gasteiger partial charge in [0.1, 0.15) is 30.5 Å². The van der Waals surface area contributed by atoms with Crippen LogP contribution in [0.1, 0.15) is 181 Å². The normalized spacial score (nSPS) is 22.2. The molecule has 13 nitrogen and oxygen atoms in total. The third-order valence-electron chi connectivity index (χ3n) is 10.4. The number of nitrogens with one attached hydrogen (secondary N) is 1. The van der Waals surface area contributed by atoms with E-state index >= 15 is 0 Å². The molecule has 1 aliphatic rings. The SMILES string of the molecule is CCCCCC/C=C\CCCCCCCCC(O)C(=O)NC(COC1OC(CO)C(O)C(OS(=O)(=O)O)C1O)C(O)CCCCCCCCCCCCCC. The van der Waals surface area contributed by atoms with Crippen LogP contribution in [-0.4, -0.2) is 107 Å². The van der Waals surface area contributed by atoms with Crippen LogP contribution < -0.4 is 5.32 Å². The maximum atomic E-state index is 13.1. The van der Waals surface area contributed by atoms with Gasteiger partial charge in [-0.25, -0.2) is 4.18 Å². The molecular formula is C41H79NO12S. The van der Waals surface area contributed by atoms with Crippen LogP contribution in [0.15, 0.2) is 12.2 Å². The van der Waals surface area contributed by atoms with E-state index in [1.807, 2.05) is 0 Å². The van der Waals surface area contributed by atoms with Crippen LogP contribution in [0, 0.1) is 0 Å². The minimum absolute atomic E-state index is 0.254. The Morgan fingerprint density at radius 2 is 1.16 bits per heavy atom. The summed E-state index contributed by atoms with van der Waals surface area (Å²) in [4.78, 5) is 13.1. The number of aliphatic hydroxyl groups is 5. The van der Waals surface area contributed by atoms with Gasteiger partial charge in [-0.1, -0.05) is 154 Å². The number of hydrogen-bond acceptors (Lipinski definition) is 11. The zero-order valence-corrected chi connectivity index (χ0v) is 34.9. The molecule has 1 aliphatic heterocycles. The van der Waals surface area contributed by atoms with Crippen molar-refractivity contribution < 1.29 is 57.0 Å². The number of ether oxygens (including phenoxy) is 2. The number of hydrogen-bond donors (Lipinski definition) is 7. The van der Waals surface area contributed by atoms with E-state index in [9.17, 15) is 38.7 Å². The number of carbonyl (C=O) groups is 1. The van der Waals surface area contributed by atoms with Gasteiger partial charge in [-0.2, -0.15) is 8.42 Å². The molecule has 326 valence electrons. The van der Waals surface area contributed by atoms with Crippen molar-refractivity contribution in [2.45, 2.75) is 230 Å². The van der Waals surface area contributed by atoms with Crippen LogP contribution in [0.2, 0.25) is 0 Å². The van der Waals surface area contributed by atoms with Crippen molar-refractivity contribution in [2.75, 3.05) is 13.2 Å². The predicted molar refractivity (Wildman–Crippen MR) is 215 cm³/mol. The maximum Gasteiger partial charge on any atom is 0.397 e. The van der Waals surface area contributed by atoms with Crippen molar-refractivity contribution in [1.82, 2.24) is 5.32 Å². The average Bonchev–Trinajstić information content (AvgIpc) is 3.15. The van der Waals surface area contributed by atoms with E-state index in [0.29, 0.717) is 19.3 Å². The first kappa shape index (κ1) is 51.8. The largest absolute Gasteiger partial charge is 0.397 e. The fourth-order valence-electron chi connectivity index (χ4n) is 6.93. The molecule has 14 heteroatoms. The van der Waals surface area contributed by atoms with E-state index < -0.39 is 78.5 Å². The molecule has 0 saturated carbocycles. The molecule has 1 fully saturated rings. The summed E-state index contributed by atoms with van der Waals surface area (Å²) >= 11 is 0. The molecule has 0 spiro atoms. The van der Waals surface area contributed by atoms with Gasteiger partial charge in [-0.15, -0.1) is 0 Å². The first-order chi connectivity index (χ1) is 26.4. The van der Waals surface area contributed by atoms with Crippen LogP contribution in [0.4, 0.5) is 0 Å². The Hall–Kier alpha value is -1.20. The Labute approximate surface area is 333 Å². The first-order valence-electron chi connectivity index (χ1n) is 21.7. The molecule has 0 aromatic carbocycles. The lowest BCUT2D eigenvalue weighted by molar-refractivity contribution is -0.298. The van der Waals surface area contributed by atoms with Crippen LogP contribution in [-0.2, 0) is 28.9 Å². The van der Waals surface area contributed by atoms with E-state index in [1.54, 1.807) is 0 Å². The molecule has 8 atom stereocenters. The van der Waals surface area contributed by atoms with Crippen molar-refractivity contribution in [2.24, 2.45) is 0 Å². The van der Waals surface area contributed by atoms with Crippen LogP contribution >= 0.6 is 0 Å². The molecule has 1 heterocycles. The standard InChI is InChI=1S/C41H79NO12S/c1-3-5-7-9-11-13-15-17-18-20-22-24-26-28-30-35(45)40(48)42-33(34(44)29-27-25-23-21-19-16-14-12-10-8-6-4-2)32-52-41-38(47)39(54-55(49,50)51)37(46)36(31-43)53-41/h13,15,33-39,41,43-47H,3-12,14,16-32H2,1-2H3,(H,42,48)(H,49,50,51)/b15-13-. The Morgan fingerprint density at radius 3 is 1.65 bits per heavy atom. The van der Waals surface area contributed by atoms with Crippen molar-refractivity contribution >= 4 is 16.3 Å². The second-order valence-electron chi connectivity index (χ2n) is 15.4. The van der Waals surface area contributed by atoms with Crippen molar-refractivity contribution in [3.63, 3.8) is 0 Å². The Kier molecular flexibility index (Phi) is 30.8. The van der Waals surface area contributed by atoms with Gasteiger partial charge in [0, 0.05) is 0 Å². The van der Waals surface area contributed by atoms with E-state index in [1.165, 1.54) is 77.0 Å². The number of allylic oxidation sites excluding steroid dienone is 2. The molecule has 0 radical (unpaired) electrons. The summed E-state index contributed by atoms with van der Waals surface area (Å²) < 4.78 is 47.4. The van der Waals surface area contributed by atoms with E-state index in [2.05, 4.69) is 35.5 Å². The highest BCUT2D eigenvalue weighted by Gasteiger charge is 2.48. The Balaban J connectivity index is 2.61. The molecule has 1 rings (SSSR count). The summed E-state index contributed by atoms with van der Waals surface area (Å²) in [6, 6.07) is -1.03. The van der Waals surface area contributed by atoms with Crippen LogP contribution in [0.25, 0.3) is 0 Å². The Bertz CT molecular complexity index is 1060. The van der Waals surface area contributed by atoms with Crippen molar-refractivity contribution in [1.29, 1.82) is 0 Å². The monoisotopic (exact) mass is 810 g/mol. The lowest BCUT2D eigenvalue weighted by Gasteiger charge is -2.41. The highest BCUT2D eigenvalue weighted by Crippen LogP contribution is 2.26. The molecule has 0 bridgehead atoms. The van der Waals surface area contributed by atoms with Gasteiger partial charge in [0.25, 0.3) is 0 Å². The summed E-state index contributed by atoms with van der Waals surface area (Å²) in [7, 11) is -5.10. The summed E-state index contributed by atoms with van der Waals surface area (Å²) in [5.41, 5.74) is 0. The van der Waals surface area contributed by atoms with E-state index in [-0.39, 0.29) is 6.42 Å². The van der Waals surface area contributed by atoms with Gasteiger partial charge < -0.3 is 40.3 Å². The second kappa shape index (κ2) is 32.7. The molecule has 0 aromatic rings. The molecule has 55 heavy (non-hydrogen) atoms. The number of rotatable bonds is 36. The topological polar surface area (TPSA) is 212 Å². The fraction of sp³-hybridized carbons (Fsp3) is 0.927. The minimum atomic E-state index is -5.10. The van der Waals surface area contributed by atoms with Crippen molar-refractivity contribution in [3.05, 3.63) is 12.2 Å². The van der Waals surface area contributed by atoms with Crippen molar-refractivity contribution in [3.8, 4) is 0 Å².